The molecule has 80 valence electrons. The summed E-state index contributed by atoms with van der Waals surface area (Å²) in [6, 6.07) is 0. The molecule has 0 aliphatic carbocycles. The summed E-state index contributed by atoms with van der Waals surface area (Å²) in [6.45, 7) is 2.17. The van der Waals surface area contributed by atoms with Gasteiger partial charge in [0.05, 0.1) is 0 Å². The van der Waals surface area contributed by atoms with E-state index >= 15 is 0 Å². The van der Waals surface area contributed by atoms with Crippen molar-refractivity contribution < 1.29 is 9.72 Å². The molecule has 2 rings (SSSR count). The van der Waals surface area contributed by atoms with Gasteiger partial charge in [-0.05, 0) is 23.3 Å². The van der Waals surface area contributed by atoms with Crippen LogP contribution in [0.15, 0.2) is 6.33 Å². The van der Waals surface area contributed by atoms with Gasteiger partial charge in [0.15, 0.2) is 0 Å². The van der Waals surface area contributed by atoms with Gasteiger partial charge in [0.2, 0.25) is 6.33 Å². The largest absolute Gasteiger partial charge is 0.384 e. The standard InChI is InChI=1S/C9H11N3O3/c1-6(13)7-2-3-11-5-10-9(12(14)15)8(11)4-7/h5,7H,2-4H2,1H3. The van der Waals surface area contributed by atoms with Crippen molar-refractivity contribution in [3.05, 3.63) is 22.1 Å². The molecule has 2 heterocycles. The molecular weight excluding hydrogens is 198 g/mol. The van der Waals surface area contributed by atoms with Gasteiger partial charge in [-0.1, -0.05) is 0 Å². The van der Waals surface area contributed by atoms with Crippen LogP contribution in [0, 0.1) is 16.0 Å². The van der Waals surface area contributed by atoms with Gasteiger partial charge in [-0.15, -0.1) is 0 Å². The molecule has 0 saturated carbocycles. The van der Waals surface area contributed by atoms with E-state index in [1.165, 1.54) is 13.3 Å². The third-order valence-electron chi connectivity index (χ3n) is 2.83. The van der Waals surface area contributed by atoms with Gasteiger partial charge in [0.25, 0.3) is 0 Å². The fourth-order valence-corrected chi connectivity index (χ4v) is 1.93. The van der Waals surface area contributed by atoms with Crippen molar-refractivity contribution in [2.75, 3.05) is 0 Å². The van der Waals surface area contributed by atoms with Gasteiger partial charge in [0, 0.05) is 18.9 Å². The highest BCUT2D eigenvalue weighted by molar-refractivity contribution is 5.78. The van der Waals surface area contributed by atoms with Crippen LogP contribution >= 0.6 is 0 Å². The van der Waals surface area contributed by atoms with Gasteiger partial charge < -0.3 is 14.7 Å². The lowest BCUT2D eigenvalue weighted by atomic mass is 9.92. The molecule has 6 heteroatoms. The Hall–Kier alpha value is -1.72. The summed E-state index contributed by atoms with van der Waals surface area (Å²) in [5.74, 6) is -0.106. The normalized spacial score (nSPS) is 19.7. The number of imidazole rings is 1. The summed E-state index contributed by atoms with van der Waals surface area (Å²) in [7, 11) is 0. The SMILES string of the molecule is CC(=O)C1CCn2cnc([N+](=O)[O-])c2C1. The van der Waals surface area contributed by atoms with Gasteiger partial charge in [0.1, 0.15) is 11.5 Å². The topological polar surface area (TPSA) is 78.0 Å². The number of hydrogen-bond donors (Lipinski definition) is 0. The van der Waals surface area contributed by atoms with Crippen molar-refractivity contribution in [3.8, 4) is 0 Å². The van der Waals surface area contributed by atoms with E-state index in [-0.39, 0.29) is 17.5 Å². The first-order valence-corrected chi connectivity index (χ1v) is 4.78. The monoisotopic (exact) mass is 209 g/mol. The van der Waals surface area contributed by atoms with E-state index in [0.717, 1.165) is 6.42 Å². The molecule has 6 nitrogen and oxygen atoms in total. The molecule has 1 atom stereocenters. The minimum Gasteiger partial charge on any atom is -0.358 e. The lowest BCUT2D eigenvalue weighted by molar-refractivity contribution is -0.390. The minimum atomic E-state index is -0.492. The number of aromatic nitrogens is 2. The van der Waals surface area contributed by atoms with Crippen LogP contribution in [-0.4, -0.2) is 20.3 Å². The summed E-state index contributed by atoms with van der Waals surface area (Å²) in [6.07, 6.45) is 2.66. The molecule has 0 radical (unpaired) electrons. The second-order valence-electron chi connectivity index (χ2n) is 3.77. The lowest BCUT2D eigenvalue weighted by Crippen LogP contribution is -2.24. The second kappa shape index (κ2) is 3.45. The van der Waals surface area contributed by atoms with Gasteiger partial charge in [-0.3, -0.25) is 4.79 Å². The predicted molar refractivity (Wildman–Crippen MR) is 51.4 cm³/mol. The van der Waals surface area contributed by atoms with Crippen LogP contribution < -0.4 is 0 Å². The number of Topliss-reactive ketones (excluding diaryl/α,β-unsaturated/α-hetero) is 1. The summed E-state index contributed by atoms with van der Waals surface area (Å²) in [5, 5.41) is 10.7. The highest BCUT2D eigenvalue weighted by Crippen LogP contribution is 2.27. The van der Waals surface area contributed by atoms with Crippen LogP contribution in [0.4, 0.5) is 5.82 Å². The van der Waals surface area contributed by atoms with E-state index in [1.807, 2.05) is 0 Å². The van der Waals surface area contributed by atoms with Crippen LogP contribution in [0.25, 0.3) is 0 Å². The first-order chi connectivity index (χ1) is 7.09. The number of carbonyl (C=O) groups is 1. The van der Waals surface area contributed by atoms with E-state index in [9.17, 15) is 14.9 Å². The molecule has 1 aliphatic heterocycles. The number of hydrogen-bond acceptors (Lipinski definition) is 4. The predicted octanol–water partition coefficient (Wildman–Crippen LogP) is 0.943. The summed E-state index contributed by atoms with van der Waals surface area (Å²) in [5.41, 5.74) is 0.575. The maximum atomic E-state index is 11.2. The molecular formula is C9H11N3O3. The zero-order valence-corrected chi connectivity index (χ0v) is 8.34. The highest BCUT2D eigenvalue weighted by Gasteiger charge is 2.30. The number of aryl methyl sites for hydroxylation is 1. The molecule has 1 unspecified atom stereocenters. The number of nitro groups is 1. The van der Waals surface area contributed by atoms with E-state index in [0.29, 0.717) is 18.7 Å². The maximum Gasteiger partial charge on any atom is 0.384 e. The quantitative estimate of drug-likeness (QED) is 0.536. The summed E-state index contributed by atoms with van der Waals surface area (Å²) >= 11 is 0. The Balaban J connectivity index is 2.34. The average molecular weight is 209 g/mol. The molecule has 0 spiro atoms. The van der Waals surface area contributed by atoms with Crippen LogP contribution in [0.5, 0.6) is 0 Å². The Morgan fingerprint density at radius 1 is 1.73 bits per heavy atom. The van der Waals surface area contributed by atoms with Crippen molar-refractivity contribution >= 4 is 11.6 Å². The van der Waals surface area contributed by atoms with Crippen molar-refractivity contribution in [2.24, 2.45) is 5.92 Å². The molecule has 1 aromatic heterocycles. The highest BCUT2D eigenvalue weighted by atomic mass is 16.6. The Morgan fingerprint density at radius 2 is 2.47 bits per heavy atom. The third kappa shape index (κ3) is 1.62. The van der Waals surface area contributed by atoms with Crippen molar-refractivity contribution in [3.63, 3.8) is 0 Å². The number of carbonyl (C=O) groups excluding carboxylic acids is 1. The molecule has 0 bridgehead atoms. The minimum absolute atomic E-state index is 0.0899. The van der Waals surface area contributed by atoms with E-state index < -0.39 is 4.92 Å². The number of rotatable bonds is 2. The van der Waals surface area contributed by atoms with Crippen LogP contribution in [-0.2, 0) is 17.8 Å². The lowest BCUT2D eigenvalue weighted by Gasteiger charge is -2.20. The van der Waals surface area contributed by atoms with E-state index in [4.69, 9.17) is 0 Å². The van der Waals surface area contributed by atoms with Gasteiger partial charge in [-0.25, -0.2) is 0 Å². The number of nitrogens with zero attached hydrogens (tertiary/aromatic N) is 3. The average Bonchev–Trinajstić information content (AvgIpc) is 2.59. The van der Waals surface area contributed by atoms with Crippen molar-refractivity contribution in [1.29, 1.82) is 0 Å². The molecule has 0 N–H and O–H groups in total. The molecule has 0 saturated heterocycles. The first-order valence-electron chi connectivity index (χ1n) is 4.78. The first kappa shape index (κ1) is 9.82. The zero-order valence-electron chi connectivity index (χ0n) is 8.34. The van der Waals surface area contributed by atoms with Crippen LogP contribution in [0.2, 0.25) is 0 Å². The fourth-order valence-electron chi connectivity index (χ4n) is 1.93. The maximum absolute atomic E-state index is 11.2. The smallest absolute Gasteiger partial charge is 0.358 e. The molecule has 15 heavy (non-hydrogen) atoms. The molecule has 0 amide bonds. The van der Waals surface area contributed by atoms with Crippen molar-refractivity contribution in [2.45, 2.75) is 26.3 Å². The van der Waals surface area contributed by atoms with Gasteiger partial charge in [-0.2, -0.15) is 0 Å². The molecule has 1 aromatic rings. The molecule has 0 aromatic carbocycles. The number of fused-ring (bicyclic) bond motifs is 1. The second-order valence-corrected chi connectivity index (χ2v) is 3.77. The Labute approximate surface area is 86.1 Å². The third-order valence-corrected chi connectivity index (χ3v) is 2.83. The van der Waals surface area contributed by atoms with Crippen molar-refractivity contribution in [1.82, 2.24) is 9.55 Å². The Morgan fingerprint density at radius 3 is 3.07 bits per heavy atom. The molecule has 1 aliphatic rings. The number of ketones is 1. The van der Waals surface area contributed by atoms with Gasteiger partial charge >= 0.3 is 5.82 Å². The fraction of sp³-hybridized carbons (Fsp3) is 0.556. The molecule has 0 fully saturated rings. The van der Waals surface area contributed by atoms with E-state index in [2.05, 4.69) is 4.98 Å². The summed E-state index contributed by atoms with van der Waals surface area (Å²) < 4.78 is 1.76. The Kier molecular flexibility index (Phi) is 2.26. The Bertz CT molecular complexity index is 424. The zero-order chi connectivity index (χ0) is 11.0. The van der Waals surface area contributed by atoms with Crippen LogP contribution in [0.3, 0.4) is 0 Å². The van der Waals surface area contributed by atoms with Crippen LogP contribution in [0.1, 0.15) is 19.0 Å². The van der Waals surface area contributed by atoms with E-state index in [1.54, 1.807) is 4.57 Å². The summed E-state index contributed by atoms with van der Waals surface area (Å²) in [4.78, 5) is 25.1.